The number of carbonyl (C=O) groups is 3. The van der Waals surface area contributed by atoms with Crippen LogP contribution in [0.15, 0.2) is 24.3 Å². The van der Waals surface area contributed by atoms with E-state index in [9.17, 15) is 14.4 Å². The average Bonchev–Trinajstić information content (AvgIpc) is 3.33. The second-order valence-electron chi connectivity index (χ2n) is 20.3. The van der Waals surface area contributed by atoms with Gasteiger partial charge in [0.05, 0.1) is 0 Å². The van der Waals surface area contributed by atoms with Crippen molar-refractivity contribution in [3.63, 3.8) is 0 Å². The minimum atomic E-state index is -0.773. The van der Waals surface area contributed by atoms with E-state index in [0.717, 1.165) is 64.2 Å². The standard InChI is InChI=1S/C61H114O6/c1-4-7-10-13-16-19-22-25-27-29-31-33-34-36-39-42-45-48-51-54-60(63)66-57-58(56-65-59(62)53-50-47-44-41-38-24-21-18-15-12-9-6-3)67-61(64)55-52-49-46-43-40-37-35-32-30-28-26-23-20-17-14-11-8-5-2/h18,21,28,30,58H,4-17,19-20,22-27,29,31-57H2,1-3H3/b21-18-,30-28-. The summed E-state index contributed by atoms with van der Waals surface area (Å²) in [4.78, 5) is 38.1. The average molecular weight is 944 g/mol. The summed E-state index contributed by atoms with van der Waals surface area (Å²) in [6, 6.07) is 0. The fourth-order valence-corrected chi connectivity index (χ4v) is 8.91. The van der Waals surface area contributed by atoms with Crippen LogP contribution in [0.3, 0.4) is 0 Å². The van der Waals surface area contributed by atoms with Gasteiger partial charge in [0.2, 0.25) is 0 Å². The molecule has 67 heavy (non-hydrogen) atoms. The van der Waals surface area contributed by atoms with Gasteiger partial charge in [-0.05, 0) is 70.6 Å². The monoisotopic (exact) mass is 943 g/mol. The van der Waals surface area contributed by atoms with Crippen LogP contribution in [-0.4, -0.2) is 37.2 Å². The maximum atomic E-state index is 12.9. The van der Waals surface area contributed by atoms with E-state index in [0.29, 0.717) is 19.3 Å². The lowest BCUT2D eigenvalue weighted by atomic mass is 10.0. The first-order valence-electron chi connectivity index (χ1n) is 29.8. The molecule has 0 saturated heterocycles. The summed E-state index contributed by atoms with van der Waals surface area (Å²) in [5.41, 5.74) is 0. The topological polar surface area (TPSA) is 78.9 Å². The fourth-order valence-electron chi connectivity index (χ4n) is 8.91. The molecule has 0 aromatic rings. The van der Waals surface area contributed by atoms with Crippen molar-refractivity contribution in [3.8, 4) is 0 Å². The van der Waals surface area contributed by atoms with Crippen LogP contribution in [0.2, 0.25) is 0 Å². The smallest absolute Gasteiger partial charge is 0.306 e. The summed E-state index contributed by atoms with van der Waals surface area (Å²) >= 11 is 0. The molecule has 6 nitrogen and oxygen atoms in total. The first-order chi connectivity index (χ1) is 33.0. The molecule has 0 aromatic carbocycles. The van der Waals surface area contributed by atoms with Crippen molar-refractivity contribution >= 4 is 17.9 Å². The van der Waals surface area contributed by atoms with Gasteiger partial charge in [-0.15, -0.1) is 0 Å². The van der Waals surface area contributed by atoms with Crippen LogP contribution in [0.4, 0.5) is 0 Å². The van der Waals surface area contributed by atoms with Gasteiger partial charge in [-0.3, -0.25) is 14.4 Å². The molecule has 0 amide bonds. The molecule has 0 aliphatic rings. The maximum absolute atomic E-state index is 12.9. The first-order valence-corrected chi connectivity index (χ1v) is 29.8. The third-order valence-corrected chi connectivity index (χ3v) is 13.4. The van der Waals surface area contributed by atoms with Crippen LogP contribution in [0.1, 0.15) is 329 Å². The maximum Gasteiger partial charge on any atom is 0.306 e. The van der Waals surface area contributed by atoms with Gasteiger partial charge in [-0.25, -0.2) is 0 Å². The molecule has 0 rings (SSSR count). The van der Waals surface area contributed by atoms with Crippen LogP contribution in [-0.2, 0) is 28.6 Å². The Bertz CT molecular complexity index is 1080. The zero-order chi connectivity index (χ0) is 48.6. The summed E-state index contributed by atoms with van der Waals surface area (Å²) < 4.78 is 16.9. The fraction of sp³-hybridized carbons (Fsp3) is 0.885. The highest BCUT2D eigenvalue weighted by molar-refractivity contribution is 5.71. The number of carbonyl (C=O) groups excluding carboxylic acids is 3. The second kappa shape index (κ2) is 56.5. The molecule has 394 valence electrons. The third-order valence-electron chi connectivity index (χ3n) is 13.4. The van der Waals surface area contributed by atoms with Crippen molar-refractivity contribution in [1.82, 2.24) is 0 Å². The van der Waals surface area contributed by atoms with Crippen molar-refractivity contribution in [1.29, 1.82) is 0 Å². The highest BCUT2D eigenvalue weighted by Crippen LogP contribution is 2.17. The normalized spacial score (nSPS) is 12.1. The molecule has 0 heterocycles. The molecule has 0 radical (unpaired) electrons. The number of hydrogen-bond acceptors (Lipinski definition) is 6. The predicted molar refractivity (Wildman–Crippen MR) is 289 cm³/mol. The van der Waals surface area contributed by atoms with Gasteiger partial charge in [-0.2, -0.15) is 0 Å². The Labute approximate surface area is 417 Å². The molecule has 0 aliphatic heterocycles. The van der Waals surface area contributed by atoms with E-state index in [1.54, 1.807) is 0 Å². The van der Waals surface area contributed by atoms with Crippen LogP contribution >= 0.6 is 0 Å². The second-order valence-corrected chi connectivity index (χ2v) is 20.3. The summed E-state index contributed by atoms with van der Waals surface area (Å²) in [6.07, 6.45) is 66.0. The van der Waals surface area contributed by atoms with Gasteiger partial charge in [0.1, 0.15) is 13.2 Å². The van der Waals surface area contributed by atoms with Gasteiger partial charge in [0.25, 0.3) is 0 Å². The van der Waals surface area contributed by atoms with Crippen molar-refractivity contribution in [2.75, 3.05) is 13.2 Å². The molecule has 0 bridgehead atoms. The largest absolute Gasteiger partial charge is 0.462 e. The Kier molecular flexibility index (Phi) is 54.7. The molecule has 0 aromatic heterocycles. The van der Waals surface area contributed by atoms with Crippen LogP contribution in [0, 0.1) is 0 Å². The predicted octanol–water partition coefficient (Wildman–Crippen LogP) is 19.9. The molecule has 1 unspecified atom stereocenters. The van der Waals surface area contributed by atoms with E-state index >= 15 is 0 Å². The quantitative estimate of drug-likeness (QED) is 0.0262. The van der Waals surface area contributed by atoms with Gasteiger partial charge in [-0.1, -0.05) is 263 Å². The first kappa shape index (κ1) is 64.9. The Morgan fingerprint density at radius 3 is 0.776 bits per heavy atom. The van der Waals surface area contributed by atoms with Gasteiger partial charge < -0.3 is 14.2 Å². The van der Waals surface area contributed by atoms with Gasteiger partial charge in [0, 0.05) is 19.3 Å². The molecular formula is C61H114O6. The zero-order valence-corrected chi connectivity index (χ0v) is 45.2. The van der Waals surface area contributed by atoms with Gasteiger partial charge in [0.15, 0.2) is 6.10 Å². The minimum absolute atomic E-state index is 0.0711. The van der Waals surface area contributed by atoms with Crippen LogP contribution < -0.4 is 0 Å². The summed E-state index contributed by atoms with van der Waals surface area (Å²) in [6.45, 7) is 6.66. The number of rotatable bonds is 55. The number of unbranched alkanes of at least 4 members (excludes halogenated alkanes) is 40. The number of allylic oxidation sites excluding steroid dienone is 4. The van der Waals surface area contributed by atoms with E-state index in [1.165, 1.54) is 225 Å². The summed E-state index contributed by atoms with van der Waals surface area (Å²) in [7, 11) is 0. The third kappa shape index (κ3) is 54.7. The highest BCUT2D eigenvalue weighted by atomic mass is 16.6. The molecule has 0 N–H and O–H groups in total. The van der Waals surface area contributed by atoms with E-state index < -0.39 is 6.10 Å². The summed E-state index contributed by atoms with van der Waals surface area (Å²) in [5, 5.41) is 0. The Morgan fingerprint density at radius 1 is 0.284 bits per heavy atom. The highest BCUT2D eigenvalue weighted by Gasteiger charge is 2.19. The number of hydrogen-bond donors (Lipinski definition) is 0. The molecule has 0 aliphatic carbocycles. The molecule has 0 spiro atoms. The zero-order valence-electron chi connectivity index (χ0n) is 45.2. The Hall–Kier alpha value is -2.11. The number of ether oxygens (including phenoxy) is 3. The molecular weight excluding hydrogens is 829 g/mol. The van der Waals surface area contributed by atoms with Crippen molar-refractivity contribution in [2.24, 2.45) is 0 Å². The van der Waals surface area contributed by atoms with Gasteiger partial charge >= 0.3 is 17.9 Å². The Balaban J connectivity index is 4.29. The van der Waals surface area contributed by atoms with Crippen LogP contribution in [0.25, 0.3) is 0 Å². The van der Waals surface area contributed by atoms with E-state index in [4.69, 9.17) is 14.2 Å². The molecule has 0 saturated carbocycles. The Morgan fingerprint density at radius 2 is 0.493 bits per heavy atom. The summed E-state index contributed by atoms with van der Waals surface area (Å²) in [5.74, 6) is -0.864. The molecule has 0 fully saturated rings. The number of esters is 3. The lowest BCUT2D eigenvalue weighted by Crippen LogP contribution is -2.30. The van der Waals surface area contributed by atoms with Crippen LogP contribution in [0.5, 0.6) is 0 Å². The van der Waals surface area contributed by atoms with E-state index in [1.807, 2.05) is 0 Å². The van der Waals surface area contributed by atoms with Crippen molar-refractivity contribution in [3.05, 3.63) is 24.3 Å². The lowest BCUT2D eigenvalue weighted by Gasteiger charge is -2.18. The SMILES string of the molecule is CCCCC/C=C\CCCCCCCC(=O)OCC(COC(=O)CCCCCCCCCCCCCCCCCCCCC)OC(=O)CCCCCCCCC/C=C\CCCCCCCCC. The van der Waals surface area contributed by atoms with E-state index in [2.05, 4.69) is 45.1 Å². The lowest BCUT2D eigenvalue weighted by molar-refractivity contribution is -0.167. The van der Waals surface area contributed by atoms with E-state index in [-0.39, 0.29) is 31.1 Å². The van der Waals surface area contributed by atoms with Crippen molar-refractivity contribution in [2.45, 2.75) is 335 Å². The molecule has 1 atom stereocenters. The molecule has 6 heteroatoms. The van der Waals surface area contributed by atoms with Crippen molar-refractivity contribution < 1.29 is 28.6 Å². The minimum Gasteiger partial charge on any atom is -0.462 e.